The van der Waals surface area contributed by atoms with Crippen LogP contribution in [0.4, 0.5) is 5.95 Å². The summed E-state index contributed by atoms with van der Waals surface area (Å²) in [7, 11) is 1.43. The summed E-state index contributed by atoms with van der Waals surface area (Å²) in [5.41, 5.74) is 1.64. The van der Waals surface area contributed by atoms with Crippen molar-refractivity contribution in [1.29, 1.82) is 0 Å². The molecule has 0 saturated heterocycles. The van der Waals surface area contributed by atoms with E-state index in [1.165, 1.54) is 11.6 Å². The van der Waals surface area contributed by atoms with Crippen molar-refractivity contribution in [3.8, 4) is 6.01 Å². The molecule has 3 rings (SSSR count). The zero-order valence-corrected chi connectivity index (χ0v) is 11.6. The standard InChI is InChI=1S/C11H12N8O2/c1-5-4-6(2)19-10(12-5)13-7(18-19)8(20)14-9-15-11(21-3)17-16-9/h4H,1-3H3,(H2,14,15,16,17,20). The average Bonchev–Trinajstić information content (AvgIpc) is 3.04. The van der Waals surface area contributed by atoms with Crippen molar-refractivity contribution in [3.05, 3.63) is 23.3 Å². The highest BCUT2D eigenvalue weighted by Gasteiger charge is 2.16. The number of aromatic nitrogens is 7. The highest BCUT2D eigenvalue weighted by atomic mass is 16.5. The predicted molar refractivity (Wildman–Crippen MR) is 71.1 cm³/mol. The summed E-state index contributed by atoms with van der Waals surface area (Å²) < 4.78 is 6.31. The second-order valence-corrected chi connectivity index (χ2v) is 4.31. The van der Waals surface area contributed by atoms with E-state index < -0.39 is 5.91 Å². The third kappa shape index (κ3) is 2.38. The van der Waals surface area contributed by atoms with Crippen LogP contribution in [0.5, 0.6) is 6.01 Å². The second kappa shape index (κ2) is 4.81. The zero-order valence-electron chi connectivity index (χ0n) is 11.6. The lowest BCUT2D eigenvalue weighted by molar-refractivity contribution is 0.101. The Bertz CT molecular complexity index is 821. The van der Waals surface area contributed by atoms with Gasteiger partial charge in [-0.15, -0.1) is 10.2 Å². The van der Waals surface area contributed by atoms with E-state index in [9.17, 15) is 4.79 Å². The number of nitrogens with one attached hydrogen (secondary N) is 2. The molecule has 1 amide bonds. The molecule has 0 aliphatic rings. The molecular formula is C11H12N8O2. The lowest BCUT2D eigenvalue weighted by Gasteiger charge is -1.97. The molecule has 0 radical (unpaired) electrons. The quantitative estimate of drug-likeness (QED) is 0.701. The van der Waals surface area contributed by atoms with Gasteiger partial charge in [-0.3, -0.25) is 10.1 Å². The summed E-state index contributed by atoms with van der Waals surface area (Å²) >= 11 is 0. The second-order valence-electron chi connectivity index (χ2n) is 4.31. The van der Waals surface area contributed by atoms with E-state index in [1.807, 2.05) is 19.9 Å². The molecule has 0 atom stereocenters. The van der Waals surface area contributed by atoms with Crippen LogP contribution in [0.3, 0.4) is 0 Å². The molecule has 0 unspecified atom stereocenters. The van der Waals surface area contributed by atoms with E-state index in [4.69, 9.17) is 4.74 Å². The number of rotatable bonds is 3. The number of hydrogen-bond donors (Lipinski definition) is 2. The van der Waals surface area contributed by atoms with Gasteiger partial charge in [-0.05, 0) is 19.9 Å². The van der Waals surface area contributed by atoms with Gasteiger partial charge in [0.2, 0.25) is 11.8 Å². The van der Waals surface area contributed by atoms with Crippen molar-refractivity contribution >= 4 is 17.6 Å². The third-order valence-electron chi connectivity index (χ3n) is 2.70. The van der Waals surface area contributed by atoms with Crippen molar-refractivity contribution in [3.63, 3.8) is 0 Å². The summed E-state index contributed by atoms with van der Waals surface area (Å²) in [4.78, 5) is 24.3. The Hall–Kier alpha value is -3.04. The molecule has 0 aliphatic heterocycles. The molecule has 0 bridgehead atoms. The van der Waals surface area contributed by atoms with Crippen LogP contribution in [-0.2, 0) is 0 Å². The number of hydrogen-bond acceptors (Lipinski definition) is 7. The van der Waals surface area contributed by atoms with Gasteiger partial charge in [0.05, 0.1) is 7.11 Å². The largest absolute Gasteiger partial charge is 0.466 e. The highest BCUT2D eigenvalue weighted by molar-refractivity contribution is 6.00. The first-order chi connectivity index (χ1) is 10.1. The first-order valence-electron chi connectivity index (χ1n) is 6.05. The van der Waals surface area contributed by atoms with Crippen LogP contribution < -0.4 is 10.1 Å². The number of anilines is 1. The number of methoxy groups -OCH3 is 1. The molecule has 0 saturated carbocycles. The molecule has 0 aliphatic carbocycles. The maximum Gasteiger partial charge on any atom is 0.336 e. The molecule has 0 aromatic carbocycles. The van der Waals surface area contributed by atoms with Gasteiger partial charge in [0.25, 0.3) is 11.7 Å². The summed E-state index contributed by atoms with van der Waals surface area (Å²) in [5, 5.41) is 12.8. The summed E-state index contributed by atoms with van der Waals surface area (Å²) in [6, 6.07) is 1.98. The van der Waals surface area contributed by atoms with Gasteiger partial charge in [-0.25, -0.2) is 14.6 Å². The van der Waals surface area contributed by atoms with Crippen LogP contribution in [0.15, 0.2) is 6.07 Å². The number of carbonyl (C=O) groups is 1. The van der Waals surface area contributed by atoms with E-state index >= 15 is 0 Å². The van der Waals surface area contributed by atoms with Gasteiger partial charge in [-0.1, -0.05) is 0 Å². The number of carbonyl (C=O) groups excluding carboxylic acids is 1. The van der Waals surface area contributed by atoms with Crippen molar-refractivity contribution < 1.29 is 9.53 Å². The molecule has 3 heterocycles. The number of fused-ring (bicyclic) bond motifs is 1. The van der Waals surface area contributed by atoms with Gasteiger partial charge in [0.1, 0.15) is 0 Å². The normalized spacial score (nSPS) is 10.8. The van der Waals surface area contributed by atoms with E-state index in [0.717, 1.165) is 11.4 Å². The average molecular weight is 288 g/mol. The Morgan fingerprint density at radius 3 is 2.86 bits per heavy atom. The molecule has 21 heavy (non-hydrogen) atoms. The monoisotopic (exact) mass is 288 g/mol. The van der Waals surface area contributed by atoms with Crippen molar-refractivity contribution in [1.82, 2.24) is 34.8 Å². The molecule has 3 aromatic heterocycles. The zero-order chi connectivity index (χ0) is 15.0. The predicted octanol–water partition coefficient (Wildman–Crippen LogP) is 0.120. The number of aryl methyl sites for hydroxylation is 2. The van der Waals surface area contributed by atoms with E-state index in [2.05, 4.69) is 35.6 Å². The van der Waals surface area contributed by atoms with Gasteiger partial charge in [0.15, 0.2) is 0 Å². The maximum atomic E-state index is 12.1. The van der Waals surface area contributed by atoms with Crippen LogP contribution in [-0.4, -0.2) is 47.8 Å². The van der Waals surface area contributed by atoms with E-state index in [0.29, 0.717) is 5.78 Å². The fourth-order valence-corrected chi connectivity index (χ4v) is 1.82. The van der Waals surface area contributed by atoms with Crippen LogP contribution >= 0.6 is 0 Å². The molecule has 0 fully saturated rings. The fourth-order valence-electron chi connectivity index (χ4n) is 1.82. The Kier molecular flexibility index (Phi) is 2.97. The minimum atomic E-state index is -0.517. The Morgan fingerprint density at radius 2 is 2.14 bits per heavy atom. The molecule has 10 nitrogen and oxygen atoms in total. The maximum absolute atomic E-state index is 12.1. The molecule has 10 heteroatoms. The SMILES string of the molecule is COc1n[nH]c(NC(=O)c2nc3nc(C)cc(C)n3n2)n1. The van der Waals surface area contributed by atoms with Crippen LogP contribution in [0.2, 0.25) is 0 Å². The summed E-state index contributed by atoms with van der Waals surface area (Å²) in [6.45, 7) is 3.71. The highest BCUT2D eigenvalue weighted by Crippen LogP contribution is 2.08. The van der Waals surface area contributed by atoms with E-state index in [1.54, 1.807) is 0 Å². The molecular weight excluding hydrogens is 276 g/mol. The van der Waals surface area contributed by atoms with Crippen molar-refractivity contribution in [2.24, 2.45) is 0 Å². The van der Waals surface area contributed by atoms with Crippen LogP contribution in [0, 0.1) is 13.8 Å². The number of amides is 1. The summed E-state index contributed by atoms with van der Waals surface area (Å²) in [6.07, 6.45) is 0. The van der Waals surface area contributed by atoms with E-state index in [-0.39, 0.29) is 17.8 Å². The lowest BCUT2D eigenvalue weighted by Crippen LogP contribution is -2.15. The smallest absolute Gasteiger partial charge is 0.336 e. The first-order valence-corrected chi connectivity index (χ1v) is 6.05. The Labute approximate surface area is 118 Å². The lowest BCUT2D eigenvalue weighted by atomic mass is 10.4. The molecule has 0 spiro atoms. The third-order valence-corrected chi connectivity index (χ3v) is 2.70. The molecule has 2 N–H and O–H groups in total. The van der Waals surface area contributed by atoms with Crippen LogP contribution in [0.1, 0.15) is 22.0 Å². The Morgan fingerprint density at radius 1 is 1.33 bits per heavy atom. The summed E-state index contributed by atoms with van der Waals surface area (Å²) in [5.74, 6) is -0.00714. The minimum Gasteiger partial charge on any atom is -0.466 e. The van der Waals surface area contributed by atoms with Gasteiger partial charge in [0, 0.05) is 11.4 Å². The number of nitrogens with zero attached hydrogens (tertiary/aromatic N) is 6. The first kappa shape index (κ1) is 13.0. The molecule has 108 valence electrons. The van der Waals surface area contributed by atoms with Gasteiger partial charge < -0.3 is 4.74 Å². The fraction of sp³-hybridized carbons (Fsp3) is 0.273. The van der Waals surface area contributed by atoms with Gasteiger partial charge in [-0.2, -0.15) is 9.97 Å². The minimum absolute atomic E-state index is 0.00781. The number of H-pyrrole nitrogens is 1. The van der Waals surface area contributed by atoms with Gasteiger partial charge >= 0.3 is 6.01 Å². The topological polar surface area (TPSA) is 123 Å². The molecule has 3 aromatic rings. The van der Waals surface area contributed by atoms with Crippen molar-refractivity contribution in [2.75, 3.05) is 12.4 Å². The van der Waals surface area contributed by atoms with Crippen LogP contribution in [0.25, 0.3) is 5.78 Å². The van der Waals surface area contributed by atoms with Crippen molar-refractivity contribution in [2.45, 2.75) is 13.8 Å². The Balaban J connectivity index is 1.89. The number of aromatic amines is 1. The number of ether oxygens (including phenoxy) is 1.